The predicted molar refractivity (Wildman–Crippen MR) is 93.8 cm³/mol. The second-order valence-corrected chi connectivity index (χ2v) is 5.58. The second kappa shape index (κ2) is 6.96. The zero-order valence-corrected chi connectivity index (χ0v) is 14.0. The molecule has 0 aliphatic heterocycles. The number of fused-ring (bicyclic) bond motifs is 1. The van der Waals surface area contributed by atoms with Gasteiger partial charge in [-0.25, -0.2) is 0 Å². The van der Waals surface area contributed by atoms with Crippen LogP contribution in [0.4, 0.5) is 0 Å². The summed E-state index contributed by atoms with van der Waals surface area (Å²) in [6, 6.07) is 8.81. The standard InChI is InChI=1S/C19H19NO5/c1-24-18-7-11(6-17(23)19(18)25-2)13-3-12-4-14(9-21)15(10-22)5-16(12)20-8-13/h3-8,21-23H,9-10H2,1-2H3. The monoisotopic (exact) mass is 341 g/mol. The number of aliphatic hydroxyl groups is 2. The third kappa shape index (κ3) is 3.09. The highest BCUT2D eigenvalue weighted by molar-refractivity contribution is 5.85. The molecule has 25 heavy (non-hydrogen) atoms. The average molecular weight is 341 g/mol. The van der Waals surface area contributed by atoms with Gasteiger partial charge in [0.25, 0.3) is 0 Å². The molecule has 2 aromatic carbocycles. The van der Waals surface area contributed by atoms with Crippen molar-refractivity contribution < 1.29 is 24.8 Å². The number of aromatic hydroxyl groups is 1. The lowest BCUT2D eigenvalue weighted by Crippen LogP contribution is -1.96. The van der Waals surface area contributed by atoms with Crippen molar-refractivity contribution in [3.63, 3.8) is 0 Å². The minimum absolute atomic E-state index is 0.0244. The molecular weight excluding hydrogens is 322 g/mol. The molecule has 1 heterocycles. The Morgan fingerprint density at radius 1 is 0.880 bits per heavy atom. The zero-order valence-electron chi connectivity index (χ0n) is 14.0. The van der Waals surface area contributed by atoms with Crippen LogP contribution in [0.2, 0.25) is 0 Å². The van der Waals surface area contributed by atoms with Crippen molar-refractivity contribution in [3.05, 3.63) is 47.7 Å². The van der Waals surface area contributed by atoms with E-state index in [2.05, 4.69) is 4.98 Å². The smallest absolute Gasteiger partial charge is 0.203 e. The molecule has 0 bridgehead atoms. The van der Waals surface area contributed by atoms with Crippen LogP contribution in [0.25, 0.3) is 22.0 Å². The van der Waals surface area contributed by atoms with Gasteiger partial charge in [0.15, 0.2) is 11.5 Å². The maximum atomic E-state index is 10.1. The molecule has 3 rings (SSSR count). The molecule has 1 aromatic heterocycles. The Morgan fingerprint density at radius 2 is 1.60 bits per heavy atom. The first kappa shape index (κ1) is 17.0. The predicted octanol–water partition coefficient (Wildman–Crippen LogP) is 2.61. The summed E-state index contributed by atoms with van der Waals surface area (Å²) in [5, 5.41) is 29.8. The summed E-state index contributed by atoms with van der Waals surface area (Å²) in [7, 11) is 2.97. The molecule has 0 atom stereocenters. The van der Waals surface area contributed by atoms with E-state index >= 15 is 0 Å². The molecule has 0 aliphatic carbocycles. The van der Waals surface area contributed by atoms with Crippen molar-refractivity contribution in [1.82, 2.24) is 4.98 Å². The highest BCUT2D eigenvalue weighted by atomic mass is 16.5. The van der Waals surface area contributed by atoms with Crippen molar-refractivity contribution in [1.29, 1.82) is 0 Å². The fourth-order valence-electron chi connectivity index (χ4n) is 2.83. The number of aromatic nitrogens is 1. The van der Waals surface area contributed by atoms with E-state index < -0.39 is 0 Å². The molecule has 0 saturated carbocycles. The fourth-order valence-corrected chi connectivity index (χ4v) is 2.83. The number of hydrogen-bond donors (Lipinski definition) is 3. The van der Waals surface area contributed by atoms with Crippen LogP contribution in [-0.4, -0.2) is 34.5 Å². The third-order valence-electron chi connectivity index (χ3n) is 4.14. The number of ether oxygens (including phenoxy) is 2. The number of phenolic OH excluding ortho intramolecular Hbond substituents is 1. The van der Waals surface area contributed by atoms with E-state index in [4.69, 9.17) is 9.47 Å². The van der Waals surface area contributed by atoms with Gasteiger partial charge in [-0.15, -0.1) is 0 Å². The molecule has 3 N–H and O–H groups in total. The lowest BCUT2D eigenvalue weighted by atomic mass is 10.0. The molecular formula is C19H19NO5. The highest BCUT2D eigenvalue weighted by Crippen LogP contribution is 2.40. The van der Waals surface area contributed by atoms with Gasteiger partial charge >= 0.3 is 0 Å². The largest absolute Gasteiger partial charge is 0.504 e. The van der Waals surface area contributed by atoms with Gasteiger partial charge in [-0.2, -0.15) is 0 Å². The summed E-state index contributed by atoms with van der Waals surface area (Å²) in [5.74, 6) is 0.669. The first-order valence-electron chi connectivity index (χ1n) is 7.70. The Hall–Kier alpha value is -2.83. The molecule has 0 radical (unpaired) electrons. The molecule has 0 saturated heterocycles. The number of phenols is 1. The summed E-state index contributed by atoms with van der Waals surface area (Å²) in [4.78, 5) is 4.42. The zero-order chi connectivity index (χ0) is 18.0. The van der Waals surface area contributed by atoms with Crippen LogP contribution in [-0.2, 0) is 13.2 Å². The number of rotatable bonds is 5. The Kier molecular flexibility index (Phi) is 4.74. The number of nitrogens with zero attached hydrogens (tertiary/aromatic N) is 1. The lowest BCUT2D eigenvalue weighted by Gasteiger charge is -2.12. The number of hydrogen-bond acceptors (Lipinski definition) is 6. The van der Waals surface area contributed by atoms with E-state index in [-0.39, 0.29) is 24.7 Å². The number of pyridine rings is 1. The maximum Gasteiger partial charge on any atom is 0.203 e. The summed E-state index contributed by atoms with van der Waals surface area (Å²) < 4.78 is 10.4. The van der Waals surface area contributed by atoms with E-state index in [1.54, 1.807) is 30.5 Å². The van der Waals surface area contributed by atoms with E-state index in [0.29, 0.717) is 16.9 Å². The molecule has 6 nitrogen and oxygen atoms in total. The topological polar surface area (TPSA) is 92.0 Å². The van der Waals surface area contributed by atoms with Gasteiger partial charge in [-0.1, -0.05) is 0 Å². The molecule has 0 aliphatic rings. The van der Waals surface area contributed by atoms with Crippen molar-refractivity contribution >= 4 is 10.9 Å². The van der Waals surface area contributed by atoms with Crippen molar-refractivity contribution in [2.75, 3.05) is 14.2 Å². The van der Waals surface area contributed by atoms with Crippen LogP contribution in [0.5, 0.6) is 17.2 Å². The average Bonchev–Trinajstić information content (AvgIpc) is 2.65. The van der Waals surface area contributed by atoms with Crippen molar-refractivity contribution in [2.45, 2.75) is 13.2 Å². The highest BCUT2D eigenvalue weighted by Gasteiger charge is 2.13. The van der Waals surface area contributed by atoms with Gasteiger partial charge in [0.1, 0.15) is 0 Å². The van der Waals surface area contributed by atoms with Crippen molar-refractivity contribution in [2.24, 2.45) is 0 Å². The van der Waals surface area contributed by atoms with Gasteiger partial charge in [-0.3, -0.25) is 4.98 Å². The molecule has 6 heteroatoms. The first-order chi connectivity index (χ1) is 12.1. The van der Waals surface area contributed by atoms with E-state index in [1.807, 2.05) is 6.07 Å². The number of aliphatic hydroxyl groups excluding tert-OH is 2. The molecule has 0 unspecified atom stereocenters. The number of methoxy groups -OCH3 is 2. The van der Waals surface area contributed by atoms with Crippen LogP contribution in [0.15, 0.2) is 36.5 Å². The van der Waals surface area contributed by atoms with Gasteiger partial charge in [0.2, 0.25) is 5.75 Å². The Balaban J connectivity index is 2.15. The summed E-state index contributed by atoms with van der Waals surface area (Å²) >= 11 is 0. The lowest BCUT2D eigenvalue weighted by molar-refractivity contribution is 0.260. The molecule has 130 valence electrons. The number of benzene rings is 2. The quantitative estimate of drug-likeness (QED) is 0.661. The maximum absolute atomic E-state index is 10.1. The summed E-state index contributed by atoms with van der Waals surface area (Å²) in [6.07, 6.45) is 1.68. The van der Waals surface area contributed by atoms with E-state index in [0.717, 1.165) is 22.0 Å². The SMILES string of the molecule is COc1cc(-c2cnc3cc(CO)c(CO)cc3c2)cc(O)c1OC. The van der Waals surface area contributed by atoms with E-state index in [1.165, 1.54) is 14.2 Å². The van der Waals surface area contributed by atoms with E-state index in [9.17, 15) is 15.3 Å². The van der Waals surface area contributed by atoms with Crippen molar-refractivity contribution in [3.8, 4) is 28.4 Å². The Labute approximate surface area is 144 Å². The van der Waals surface area contributed by atoms with Gasteiger partial charge in [0.05, 0.1) is 33.0 Å². The van der Waals surface area contributed by atoms with Crippen LogP contribution in [0.3, 0.4) is 0 Å². The minimum atomic E-state index is -0.160. The van der Waals surface area contributed by atoms with Crippen LogP contribution in [0.1, 0.15) is 11.1 Å². The first-order valence-corrected chi connectivity index (χ1v) is 7.70. The minimum Gasteiger partial charge on any atom is -0.504 e. The Bertz CT molecular complexity index is 923. The third-order valence-corrected chi connectivity index (χ3v) is 4.14. The van der Waals surface area contributed by atoms with Crippen LogP contribution in [0, 0.1) is 0 Å². The molecule has 0 spiro atoms. The van der Waals surface area contributed by atoms with Gasteiger partial charge in [0, 0.05) is 17.1 Å². The van der Waals surface area contributed by atoms with Gasteiger partial charge in [-0.05, 0) is 47.0 Å². The summed E-state index contributed by atoms with van der Waals surface area (Å²) in [6.45, 7) is -0.313. The molecule has 0 amide bonds. The Morgan fingerprint density at radius 3 is 2.24 bits per heavy atom. The molecule has 3 aromatic rings. The molecule has 0 fully saturated rings. The van der Waals surface area contributed by atoms with Gasteiger partial charge < -0.3 is 24.8 Å². The van der Waals surface area contributed by atoms with Crippen LogP contribution >= 0.6 is 0 Å². The summed E-state index contributed by atoms with van der Waals surface area (Å²) in [5.41, 5.74) is 3.53. The normalized spacial score (nSPS) is 10.9. The van der Waals surface area contributed by atoms with Crippen LogP contribution < -0.4 is 9.47 Å². The fraction of sp³-hybridized carbons (Fsp3) is 0.211. The second-order valence-electron chi connectivity index (χ2n) is 5.58.